The zero-order valence-electron chi connectivity index (χ0n) is 18.4. The first kappa shape index (κ1) is 24.2. The van der Waals surface area contributed by atoms with Gasteiger partial charge in [-0.05, 0) is 49.4 Å². The van der Waals surface area contributed by atoms with Crippen LogP contribution in [0.2, 0.25) is 0 Å². The first-order chi connectivity index (χ1) is 15.8. The van der Waals surface area contributed by atoms with Crippen molar-refractivity contribution in [3.05, 3.63) is 54.1 Å². The average Bonchev–Trinajstić information content (AvgIpc) is 3.24. The molecular weight excluding hydrogens is 476 g/mol. The summed E-state index contributed by atoms with van der Waals surface area (Å²) < 4.78 is 29.0. The van der Waals surface area contributed by atoms with Crippen LogP contribution in [0, 0.1) is 5.92 Å². The molecule has 9 heteroatoms. The van der Waals surface area contributed by atoms with Crippen LogP contribution in [-0.4, -0.2) is 36.3 Å². The Hall–Kier alpha value is -1.94. The Kier molecular flexibility index (Phi) is 7.73. The second-order valence-corrected chi connectivity index (χ2v) is 12.8. The lowest BCUT2D eigenvalue weighted by Crippen LogP contribution is -2.40. The number of sulfone groups is 1. The molecule has 1 aromatic heterocycles. The van der Waals surface area contributed by atoms with Crippen LogP contribution in [0.5, 0.6) is 0 Å². The minimum Gasteiger partial charge on any atom is -0.480 e. The zero-order chi connectivity index (χ0) is 23.4. The molecular formula is C24H28N2O4S3. The number of aromatic nitrogens is 1. The summed E-state index contributed by atoms with van der Waals surface area (Å²) in [5, 5.41) is 10.9. The van der Waals surface area contributed by atoms with Crippen LogP contribution in [-0.2, 0) is 14.6 Å². The third kappa shape index (κ3) is 5.77. The molecule has 1 aliphatic carbocycles. The van der Waals surface area contributed by atoms with Crippen molar-refractivity contribution in [2.45, 2.75) is 59.7 Å². The fourth-order valence-electron chi connectivity index (χ4n) is 4.09. The van der Waals surface area contributed by atoms with Gasteiger partial charge in [-0.2, -0.15) is 0 Å². The van der Waals surface area contributed by atoms with Gasteiger partial charge in [0.2, 0.25) is 0 Å². The maximum absolute atomic E-state index is 13.6. The number of hydrogen-bond acceptors (Lipinski definition) is 7. The Labute approximate surface area is 202 Å². The van der Waals surface area contributed by atoms with E-state index < -0.39 is 27.2 Å². The second-order valence-electron chi connectivity index (χ2n) is 8.49. The van der Waals surface area contributed by atoms with E-state index in [1.54, 1.807) is 60.3 Å². The molecule has 0 saturated heterocycles. The van der Waals surface area contributed by atoms with Gasteiger partial charge >= 0.3 is 5.97 Å². The summed E-state index contributed by atoms with van der Waals surface area (Å²) in [4.78, 5) is 16.3. The first-order valence-corrected chi connectivity index (χ1v) is 14.5. The summed E-state index contributed by atoms with van der Waals surface area (Å²) in [5.74, 6) is 0.683. The Morgan fingerprint density at radius 3 is 2.61 bits per heavy atom. The van der Waals surface area contributed by atoms with Crippen LogP contribution in [0.15, 0.2) is 57.8 Å². The molecule has 0 spiro atoms. The van der Waals surface area contributed by atoms with Crippen LogP contribution >= 0.6 is 23.1 Å². The molecule has 2 N–H and O–H groups in total. The van der Waals surface area contributed by atoms with E-state index >= 15 is 0 Å². The van der Waals surface area contributed by atoms with Gasteiger partial charge in [-0.1, -0.05) is 61.4 Å². The van der Waals surface area contributed by atoms with Crippen LogP contribution in [0.25, 0.3) is 10.2 Å². The van der Waals surface area contributed by atoms with Crippen molar-refractivity contribution in [3.8, 4) is 0 Å². The number of thiazole rings is 1. The van der Waals surface area contributed by atoms with Crippen LogP contribution in [0.1, 0.15) is 50.0 Å². The highest BCUT2D eigenvalue weighted by molar-refractivity contribution is 8.01. The number of nitrogens with zero attached hydrogens (tertiary/aromatic N) is 1. The van der Waals surface area contributed by atoms with Crippen molar-refractivity contribution in [2.24, 2.45) is 5.92 Å². The average molecular weight is 505 g/mol. The number of nitrogens with one attached hydrogen (secondary N) is 1. The third-order valence-corrected chi connectivity index (χ3v) is 10.4. The van der Waals surface area contributed by atoms with E-state index in [1.807, 2.05) is 0 Å². The van der Waals surface area contributed by atoms with Crippen molar-refractivity contribution in [2.75, 3.05) is 5.75 Å². The maximum Gasteiger partial charge on any atom is 0.320 e. The topological polar surface area (TPSA) is 96.4 Å². The normalized spacial score (nSPS) is 17.1. The highest BCUT2D eigenvalue weighted by Gasteiger charge is 2.32. The van der Waals surface area contributed by atoms with Gasteiger partial charge in [-0.3, -0.25) is 10.1 Å². The van der Waals surface area contributed by atoms with Gasteiger partial charge in [0.15, 0.2) is 14.2 Å². The molecule has 3 aromatic rings. The SMILES string of the molecule is C[C@@H](NC(c1ccccc1)S(=O)(=O)c1ccc2nc(SCC3CCCCC3)sc2c1)C(=O)O. The highest BCUT2D eigenvalue weighted by Crippen LogP contribution is 2.36. The predicted octanol–water partition coefficient (Wildman–Crippen LogP) is 5.50. The molecule has 6 nitrogen and oxygen atoms in total. The van der Waals surface area contributed by atoms with E-state index in [2.05, 4.69) is 10.3 Å². The van der Waals surface area contributed by atoms with Gasteiger partial charge in [-0.15, -0.1) is 11.3 Å². The maximum atomic E-state index is 13.6. The van der Waals surface area contributed by atoms with Crippen LogP contribution in [0.4, 0.5) is 0 Å². The number of rotatable bonds is 9. The lowest BCUT2D eigenvalue weighted by molar-refractivity contribution is -0.139. The molecule has 0 bridgehead atoms. The number of carboxylic acid groups (broad SMARTS) is 1. The minimum atomic E-state index is -3.90. The van der Waals surface area contributed by atoms with Crippen molar-refractivity contribution in [1.29, 1.82) is 0 Å². The number of thioether (sulfide) groups is 1. The molecule has 176 valence electrons. The fourth-order valence-corrected chi connectivity index (χ4v) is 8.20. The largest absolute Gasteiger partial charge is 0.480 e. The van der Waals surface area contributed by atoms with Crippen molar-refractivity contribution >= 4 is 49.1 Å². The number of carbonyl (C=O) groups is 1. The van der Waals surface area contributed by atoms with Gasteiger partial charge in [0.05, 0.1) is 15.1 Å². The number of hydrogen-bond donors (Lipinski definition) is 2. The molecule has 1 fully saturated rings. The summed E-state index contributed by atoms with van der Waals surface area (Å²) in [5.41, 5.74) is 1.28. The standard InChI is InChI=1S/C24H28N2O4S3/c1-16(23(27)28)25-22(18-10-6-3-7-11-18)33(29,30)19-12-13-20-21(14-19)32-24(26-20)31-15-17-8-4-2-5-9-17/h3,6-7,10-14,16-17,22,25H,2,4-5,8-9,15H2,1H3,(H,27,28)/t16-,22?/m1/s1. The smallest absolute Gasteiger partial charge is 0.320 e. The number of benzene rings is 2. The highest BCUT2D eigenvalue weighted by atomic mass is 32.2. The molecule has 1 heterocycles. The van der Waals surface area contributed by atoms with Gasteiger partial charge < -0.3 is 5.11 Å². The molecule has 33 heavy (non-hydrogen) atoms. The van der Waals surface area contributed by atoms with Gasteiger partial charge in [0, 0.05) is 5.75 Å². The van der Waals surface area contributed by atoms with Gasteiger partial charge in [0.25, 0.3) is 0 Å². The number of aliphatic carboxylic acids is 1. The Bertz CT molecular complexity index is 1200. The van der Waals surface area contributed by atoms with E-state index in [-0.39, 0.29) is 4.90 Å². The van der Waals surface area contributed by atoms with E-state index in [9.17, 15) is 18.3 Å². The Morgan fingerprint density at radius 2 is 1.91 bits per heavy atom. The Morgan fingerprint density at radius 1 is 1.18 bits per heavy atom. The summed E-state index contributed by atoms with van der Waals surface area (Å²) >= 11 is 3.28. The summed E-state index contributed by atoms with van der Waals surface area (Å²) in [6.07, 6.45) is 6.52. The summed E-state index contributed by atoms with van der Waals surface area (Å²) in [6.45, 7) is 1.44. The van der Waals surface area contributed by atoms with Crippen molar-refractivity contribution in [3.63, 3.8) is 0 Å². The molecule has 2 atom stereocenters. The summed E-state index contributed by atoms with van der Waals surface area (Å²) in [6, 6.07) is 12.6. The third-order valence-electron chi connectivity index (χ3n) is 6.02. The fraction of sp³-hybridized carbons (Fsp3) is 0.417. The number of carboxylic acids is 1. The van der Waals surface area contributed by atoms with Crippen LogP contribution in [0.3, 0.4) is 0 Å². The van der Waals surface area contributed by atoms with E-state index in [0.717, 1.165) is 26.2 Å². The molecule has 1 aliphatic rings. The molecule has 2 aromatic carbocycles. The number of fused-ring (bicyclic) bond motifs is 1. The molecule has 1 unspecified atom stereocenters. The second kappa shape index (κ2) is 10.5. The first-order valence-electron chi connectivity index (χ1n) is 11.2. The van der Waals surface area contributed by atoms with E-state index in [4.69, 9.17) is 0 Å². The zero-order valence-corrected chi connectivity index (χ0v) is 20.9. The molecule has 1 saturated carbocycles. The molecule has 0 aliphatic heterocycles. The van der Waals surface area contributed by atoms with Gasteiger partial charge in [0.1, 0.15) is 11.4 Å². The minimum absolute atomic E-state index is 0.154. The quantitative estimate of drug-likeness (QED) is 0.371. The van der Waals surface area contributed by atoms with Crippen molar-refractivity contribution in [1.82, 2.24) is 10.3 Å². The lowest BCUT2D eigenvalue weighted by atomic mass is 9.91. The molecule has 4 rings (SSSR count). The van der Waals surface area contributed by atoms with Gasteiger partial charge in [-0.25, -0.2) is 13.4 Å². The molecule has 0 amide bonds. The van der Waals surface area contributed by atoms with Crippen molar-refractivity contribution < 1.29 is 18.3 Å². The lowest BCUT2D eigenvalue weighted by Gasteiger charge is -2.22. The predicted molar refractivity (Wildman–Crippen MR) is 134 cm³/mol. The van der Waals surface area contributed by atoms with Crippen LogP contribution < -0.4 is 5.32 Å². The molecule has 0 radical (unpaired) electrons. The summed E-state index contributed by atoms with van der Waals surface area (Å²) in [7, 11) is -3.90. The van der Waals surface area contributed by atoms with E-state index in [0.29, 0.717) is 5.56 Å². The Balaban J connectivity index is 1.60. The monoisotopic (exact) mass is 504 g/mol. The van der Waals surface area contributed by atoms with E-state index in [1.165, 1.54) is 50.4 Å².